The summed E-state index contributed by atoms with van der Waals surface area (Å²) in [6, 6.07) is 0. The predicted octanol–water partition coefficient (Wildman–Crippen LogP) is 2.47. The molecular weight excluding hydrogens is 204 g/mol. The maximum absolute atomic E-state index is 9.28. The van der Waals surface area contributed by atoms with Gasteiger partial charge in [0.2, 0.25) is 0 Å². The van der Waals surface area contributed by atoms with Crippen LogP contribution in [0.25, 0.3) is 0 Å². The number of aliphatic hydroxyl groups is 1. The summed E-state index contributed by atoms with van der Waals surface area (Å²) < 4.78 is 12.4. The normalized spacial score (nSPS) is 35.4. The average molecular weight is 228 g/mol. The van der Waals surface area contributed by atoms with Gasteiger partial charge in [0.1, 0.15) is 0 Å². The third-order valence-electron chi connectivity index (χ3n) is 4.36. The molecule has 0 amide bonds. The second-order valence-electron chi connectivity index (χ2n) is 6.28. The molecule has 1 saturated heterocycles. The number of rotatable bonds is 1. The SMILES string of the molecule is CC1(C)OC2(CCCC(CO)C2)OC1(C)C. The van der Waals surface area contributed by atoms with Crippen molar-refractivity contribution in [3.63, 3.8) is 0 Å². The Labute approximate surface area is 98.1 Å². The van der Waals surface area contributed by atoms with Gasteiger partial charge in [0.05, 0.1) is 11.2 Å². The largest absolute Gasteiger partial charge is 0.396 e. The van der Waals surface area contributed by atoms with Gasteiger partial charge < -0.3 is 14.6 Å². The van der Waals surface area contributed by atoms with Crippen LogP contribution >= 0.6 is 0 Å². The van der Waals surface area contributed by atoms with Crippen LogP contribution in [-0.4, -0.2) is 28.7 Å². The van der Waals surface area contributed by atoms with E-state index < -0.39 is 5.79 Å². The lowest BCUT2D eigenvalue weighted by Gasteiger charge is -2.36. The second kappa shape index (κ2) is 3.69. The summed E-state index contributed by atoms with van der Waals surface area (Å²) in [5, 5.41) is 9.28. The van der Waals surface area contributed by atoms with Crippen molar-refractivity contribution < 1.29 is 14.6 Å². The van der Waals surface area contributed by atoms with E-state index >= 15 is 0 Å². The zero-order chi connectivity index (χ0) is 12.0. The van der Waals surface area contributed by atoms with Gasteiger partial charge in [-0.1, -0.05) is 0 Å². The first-order valence-corrected chi connectivity index (χ1v) is 6.31. The first-order valence-electron chi connectivity index (χ1n) is 6.31. The minimum Gasteiger partial charge on any atom is -0.396 e. The second-order valence-corrected chi connectivity index (χ2v) is 6.28. The zero-order valence-corrected chi connectivity index (χ0v) is 10.9. The lowest BCUT2D eigenvalue weighted by atomic mass is 9.85. The molecular formula is C13H24O3. The van der Waals surface area contributed by atoms with E-state index in [0.717, 1.165) is 25.7 Å². The molecule has 94 valence electrons. The van der Waals surface area contributed by atoms with Crippen molar-refractivity contribution in [3.8, 4) is 0 Å². The molecule has 0 radical (unpaired) electrons. The van der Waals surface area contributed by atoms with Crippen LogP contribution in [0.15, 0.2) is 0 Å². The van der Waals surface area contributed by atoms with Gasteiger partial charge in [0.25, 0.3) is 0 Å². The summed E-state index contributed by atoms with van der Waals surface area (Å²) in [7, 11) is 0. The standard InChI is InChI=1S/C13H24O3/c1-11(2)12(3,4)16-13(15-11)7-5-6-10(8-13)9-14/h10,14H,5-9H2,1-4H3. The number of ether oxygens (including phenoxy) is 2. The molecule has 1 heterocycles. The van der Waals surface area contributed by atoms with E-state index in [1.807, 2.05) is 0 Å². The van der Waals surface area contributed by atoms with Crippen molar-refractivity contribution in [1.82, 2.24) is 0 Å². The first kappa shape index (κ1) is 12.3. The summed E-state index contributed by atoms with van der Waals surface area (Å²) in [4.78, 5) is 0. The van der Waals surface area contributed by atoms with Gasteiger partial charge in [0.15, 0.2) is 5.79 Å². The van der Waals surface area contributed by atoms with E-state index in [9.17, 15) is 5.11 Å². The maximum Gasteiger partial charge on any atom is 0.170 e. The molecule has 2 rings (SSSR count). The topological polar surface area (TPSA) is 38.7 Å². The molecule has 3 heteroatoms. The lowest BCUT2D eigenvalue weighted by molar-refractivity contribution is -0.219. The fourth-order valence-corrected chi connectivity index (χ4v) is 2.84. The summed E-state index contributed by atoms with van der Waals surface area (Å²) in [5.41, 5.74) is -0.519. The molecule has 0 bridgehead atoms. The molecule has 2 fully saturated rings. The Balaban J connectivity index is 2.16. The van der Waals surface area contributed by atoms with Gasteiger partial charge in [0, 0.05) is 19.4 Å². The highest BCUT2D eigenvalue weighted by atomic mass is 16.8. The fraction of sp³-hybridized carbons (Fsp3) is 1.00. The molecule has 1 unspecified atom stereocenters. The van der Waals surface area contributed by atoms with E-state index in [2.05, 4.69) is 27.7 Å². The van der Waals surface area contributed by atoms with Gasteiger partial charge >= 0.3 is 0 Å². The Morgan fingerprint density at radius 2 is 1.69 bits per heavy atom. The highest BCUT2D eigenvalue weighted by Crippen LogP contribution is 2.50. The van der Waals surface area contributed by atoms with Crippen LogP contribution in [0.3, 0.4) is 0 Å². The van der Waals surface area contributed by atoms with Crippen molar-refractivity contribution >= 4 is 0 Å². The molecule has 3 nitrogen and oxygen atoms in total. The molecule has 1 aliphatic heterocycles. The Morgan fingerprint density at radius 3 is 2.19 bits per heavy atom. The minimum atomic E-state index is -0.446. The lowest BCUT2D eigenvalue weighted by Crippen LogP contribution is -2.41. The highest BCUT2D eigenvalue weighted by Gasteiger charge is 2.57. The van der Waals surface area contributed by atoms with Gasteiger partial charge in [-0.25, -0.2) is 0 Å². The van der Waals surface area contributed by atoms with Crippen LogP contribution in [0.1, 0.15) is 53.4 Å². The van der Waals surface area contributed by atoms with Gasteiger partial charge in [-0.3, -0.25) is 0 Å². The van der Waals surface area contributed by atoms with Crippen molar-refractivity contribution in [2.24, 2.45) is 5.92 Å². The van der Waals surface area contributed by atoms with Gasteiger partial charge in [-0.2, -0.15) is 0 Å². The van der Waals surface area contributed by atoms with Crippen molar-refractivity contribution in [2.45, 2.75) is 70.4 Å². The summed E-state index contributed by atoms with van der Waals surface area (Å²) in [6.45, 7) is 8.60. The predicted molar refractivity (Wildman–Crippen MR) is 62.1 cm³/mol. The van der Waals surface area contributed by atoms with E-state index in [-0.39, 0.29) is 17.8 Å². The molecule has 1 saturated carbocycles. The Morgan fingerprint density at radius 1 is 1.12 bits per heavy atom. The molecule has 1 aliphatic carbocycles. The number of aliphatic hydroxyl groups excluding tert-OH is 1. The van der Waals surface area contributed by atoms with Crippen LogP contribution in [0, 0.1) is 5.92 Å². The van der Waals surface area contributed by atoms with E-state index in [4.69, 9.17) is 9.47 Å². The van der Waals surface area contributed by atoms with Crippen molar-refractivity contribution in [2.75, 3.05) is 6.61 Å². The average Bonchev–Trinajstić information content (AvgIpc) is 2.31. The molecule has 16 heavy (non-hydrogen) atoms. The van der Waals surface area contributed by atoms with Crippen LogP contribution in [-0.2, 0) is 9.47 Å². The van der Waals surface area contributed by atoms with Crippen LogP contribution in [0.4, 0.5) is 0 Å². The monoisotopic (exact) mass is 228 g/mol. The molecule has 0 aromatic carbocycles. The fourth-order valence-electron chi connectivity index (χ4n) is 2.84. The van der Waals surface area contributed by atoms with Crippen LogP contribution < -0.4 is 0 Å². The molecule has 0 aromatic heterocycles. The van der Waals surface area contributed by atoms with E-state index in [0.29, 0.717) is 5.92 Å². The molecule has 0 aromatic rings. The van der Waals surface area contributed by atoms with E-state index in [1.54, 1.807) is 0 Å². The Bertz CT molecular complexity index is 254. The Hall–Kier alpha value is -0.120. The summed E-state index contributed by atoms with van der Waals surface area (Å²) >= 11 is 0. The van der Waals surface area contributed by atoms with Gasteiger partial charge in [-0.15, -0.1) is 0 Å². The summed E-state index contributed by atoms with van der Waals surface area (Å²) in [6.07, 6.45) is 3.95. The molecule has 1 atom stereocenters. The smallest absolute Gasteiger partial charge is 0.170 e. The quantitative estimate of drug-likeness (QED) is 0.749. The molecule has 2 aliphatic rings. The van der Waals surface area contributed by atoms with Crippen molar-refractivity contribution in [1.29, 1.82) is 0 Å². The van der Waals surface area contributed by atoms with Crippen LogP contribution in [0.5, 0.6) is 0 Å². The van der Waals surface area contributed by atoms with E-state index in [1.165, 1.54) is 0 Å². The third-order valence-corrected chi connectivity index (χ3v) is 4.36. The first-order chi connectivity index (χ1) is 7.30. The number of hydrogen-bond donors (Lipinski definition) is 1. The maximum atomic E-state index is 9.28. The molecule has 1 spiro atoms. The molecule has 1 N–H and O–H groups in total. The van der Waals surface area contributed by atoms with Gasteiger partial charge in [-0.05, 0) is 46.5 Å². The van der Waals surface area contributed by atoms with Crippen molar-refractivity contribution in [3.05, 3.63) is 0 Å². The third kappa shape index (κ3) is 1.89. The highest BCUT2D eigenvalue weighted by molar-refractivity contribution is 5.00. The van der Waals surface area contributed by atoms with Crippen LogP contribution in [0.2, 0.25) is 0 Å². The number of hydrogen-bond acceptors (Lipinski definition) is 3. The summed E-state index contributed by atoms with van der Waals surface area (Å²) in [5.74, 6) is -0.114. The Kier molecular flexibility index (Phi) is 2.84. The zero-order valence-electron chi connectivity index (χ0n) is 10.9. The minimum absolute atomic E-state index is 0.245.